The van der Waals surface area contributed by atoms with Gasteiger partial charge in [0.15, 0.2) is 0 Å². The molecule has 0 saturated heterocycles. The highest BCUT2D eigenvalue weighted by atomic mass is 16.6. The Balaban J connectivity index is 4.76. The summed E-state index contributed by atoms with van der Waals surface area (Å²) in [5.41, 5.74) is 7.54. The van der Waals surface area contributed by atoms with Crippen LogP contribution in [0.5, 0.6) is 0 Å². The summed E-state index contributed by atoms with van der Waals surface area (Å²) in [4.78, 5) is 36.7. The Hall–Kier alpha value is -2.21. The minimum absolute atomic E-state index is 0.388. The molecular weight excluding hydrogens is 254 g/mol. The molecular formula is C11H17N3O5. The van der Waals surface area contributed by atoms with E-state index in [1.807, 2.05) is 0 Å². The maximum Gasteiger partial charge on any atom is 0.408 e. The number of methoxy groups -OCH3 is 1. The molecule has 0 fully saturated rings. The largest absolute Gasteiger partial charge is 0.469 e. The number of hydrogen-bond donors (Lipinski definition) is 1. The minimum atomic E-state index is -1.21. The average molecular weight is 271 g/mol. The fraction of sp³-hybridized carbons (Fsp3) is 0.636. The van der Waals surface area contributed by atoms with Crippen LogP contribution in [0.4, 0.5) is 4.79 Å². The lowest BCUT2D eigenvalue weighted by molar-refractivity contribution is -0.142. The Morgan fingerprint density at radius 3 is 2.37 bits per heavy atom. The third-order valence-electron chi connectivity index (χ3n) is 1.82. The summed E-state index contributed by atoms with van der Waals surface area (Å²) >= 11 is 0. The number of esters is 1. The zero-order valence-electron chi connectivity index (χ0n) is 11.3. The molecule has 0 aromatic carbocycles. The van der Waals surface area contributed by atoms with E-state index >= 15 is 0 Å². The summed E-state index contributed by atoms with van der Waals surface area (Å²) in [6, 6.07) is -1.21. The number of carbonyl (C=O) groups excluding carboxylic acids is 3. The monoisotopic (exact) mass is 271 g/mol. The highest BCUT2D eigenvalue weighted by molar-refractivity contribution is 6.28. The molecule has 106 valence electrons. The molecule has 0 saturated carbocycles. The van der Waals surface area contributed by atoms with E-state index in [2.05, 4.69) is 14.8 Å². The number of ether oxygens (including phenoxy) is 2. The first-order chi connectivity index (χ1) is 8.69. The second-order valence-corrected chi connectivity index (χ2v) is 4.63. The standard InChI is InChI=1S/C11H17N3O5/c1-11(2,3)19-10(17)14-7(5-9(16)18-4)8(15)6-13-12/h6-7H,5H2,1-4H3,(H,14,17)/t7-/m1/s1. The predicted molar refractivity (Wildman–Crippen MR) is 64.5 cm³/mol. The van der Waals surface area contributed by atoms with Crippen molar-refractivity contribution in [3.63, 3.8) is 0 Å². The number of carbonyl (C=O) groups is 3. The van der Waals surface area contributed by atoms with Crippen molar-refractivity contribution in [1.29, 1.82) is 0 Å². The number of rotatable bonds is 5. The van der Waals surface area contributed by atoms with E-state index < -0.39 is 29.5 Å². The Kier molecular flexibility index (Phi) is 6.43. The Bertz CT molecular complexity index is 407. The van der Waals surface area contributed by atoms with E-state index in [0.717, 1.165) is 7.11 Å². The fourth-order valence-electron chi connectivity index (χ4n) is 1.07. The fourth-order valence-corrected chi connectivity index (χ4v) is 1.07. The van der Waals surface area contributed by atoms with Crippen LogP contribution in [0.25, 0.3) is 5.53 Å². The van der Waals surface area contributed by atoms with Crippen molar-refractivity contribution in [1.82, 2.24) is 5.32 Å². The van der Waals surface area contributed by atoms with Crippen molar-refractivity contribution < 1.29 is 28.6 Å². The first-order valence-corrected chi connectivity index (χ1v) is 5.47. The molecule has 0 rings (SSSR count). The third-order valence-corrected chi connectivity index (χ3v) is 1.82. The van der Waals surface area contributed by atoms with Gasteiger partial charge in [0.05, 0.1) is 13.5 Å². The summed E-state index contributed by atoms with van der Waals surface area (Å²) in [6.07, 6.45) is -0.660. The van der Waals surface area contributed by atoms with Crippen LogP contribution in [0.1, 0.15) is 27.2 Å². The first kappa shape index (κ1) is 16.8. The van der Waals surface area contributed by atoms with Crippen LogP contribution >= 0.6 is 0 Å². The van der Waals surface area contributed by atoms with Gasteiger partial charge in [-0.1, -0.05) is 0 Å². The van der Waals surface area contributed by atoms with Gasteiger partial charge in [-0.3, -0.25) is 9.59 Å². The molecule has 0 aliphatic rings. The van der Waals surface area contributed by atoms with Crippen molar-refractivity contribution in [3.8, 4) is 0 Å². The number of amides is 1. The highest BCUT2D eigenvalue weighted by Gasteiger charge is 2.27. The molecule has 0 aliphatic carbocycles. The van der Waals surface area contributed by atoms with Crippen molar-refractivity contribution in [2.24, 2.45) is 0 Å². The zero-order chi connectivity index (χ0) is 15.1. The molecule has 19 heavy (non-hydrogen) atoms. The lowest BCUT2D eigenvalue weighted by Crippen LogP contribution is -2.45. The smallest absolute Gasteiger partial charge is 0.408 e. The number of alkyl carbamates (subject to hydrolysis) is 1. The number of nitrogens with zero attached hydrogens (tertiary/aromatic N) is 2. The Morgan fingerprint density at radius 2 is 1.95 bits per heavy atom. The Morgan fingerprint density at radius 1 is 1.37 bits per heavy atom. The van der Waals surface area contributed by atoms with Gasteiger partial charge in [-0.15, -0.1) is 0 Å². The van der Waals surface area contributed by atoms with Gasteiger partial charge in [-0.25, -0.2) is 4.79 Å². The van der Waals surface area contributed by atoms with Crippen molar-refractivity contribution >= 4 is 24.1 Å². The van der Waals surface area contributed by atoms with Gasteiger partial charge < -0.3 is 20.3 Å². The Labute approximate surface area is 110 Å². The summed E-state index contributed by atoms with van der Waals surface area (Å²) in [7, 11) is 1.15. The molecule has 1 N–H and O–H groups in total. The van der Waals surface area contributed by atoms with Gasteiger partial charge >= 0.3 is 18.3 Å². The van der Waals surface area contributed by atoms with E-state index in [0.29, 0.717) is 6.21 Å². The maximum absolute atomic E-state index is 11.5. The topological polar surface area (TPSA) is 118 Å². The summed E-state index contributed by atoms with van der Waals surface area (Å²) < 4.78 is 9.35. The van der Waals surface area contributed by atoms with E-state index in [-0.39, 0.29) is 6.42 Å². The molecule has 0 aromatic heterocycles. The van der Waals surface area contributed by atoms with Crippen LogP contribution in [0.3, 0.4) is 0 Å². The van der Waals surface area contributed by atoms with Crippen LogP contribution in [0.15, 0.2) is 0 Å². The molecule has 0 aliphatic heterocycles. The van der Waals surface area contributed by atoms with Crippen LogP contribution in [-0.2, 0) is 19.1 Å². The number of Topliss-reactive ketones (excluding diaryl/α,β-unsaturated/α-hetero) is 1. The molecule has 0 spiro atoms. The van der Waals surface area contributed by atoms with E-state index in [1.54, 1.807) is 20.8 Å². The summed E-state index contributed by atoms with van der Waals surface area (Å²) in [5.74, 6) is -1.44. The van der Waals surface area contributed by atoms with Gasteiger partial charge in [0, 0.05) is 0 Å². The lowest BCUT2D eigenvalue weighted by Gasteiger charge is -2.21. The third kappa shape index (κ3) is 7.67. The number of hydrogen-bond acceptors (Lipinski definition) is 5. The molecule has 1 amide bonds. The summed E-state index contributed by atoms with van der Waals surface area (Å²) in [5, 5.41) is 2.21. The highest BCUT2D eigenvalue weighted by Crippen LogP contribution is 2.07. The van der Waals surface area contributed by atoms with Gasteiger partial charge in [0.2, 0.25) is 0 Å². The van der Waals surface area contributed by atoms with Crippen molar-refractivity contribution in [2.45, 2.75) is 38.8 Å². The van der Waals surface area contributed by atoms with Gasteiger partial charge in [-0.05, 0) is 20.8 Å². The SMILES string of the molecule is COC(=O)C[C@@H](NC(=O)OC(C)(C)C)C(=O)C=[N+]=[N-]. The van der Waals surface area contributed by atoms with Gasteiger partial charge in [-0.2, -0.15) is 4.79 Å². The number of nitrogens with one attached hydrogen (secondary N) is 1. The van der Waals surface area contributed by atoms with Gasteiger partial charge in [0.25, 0.3) is 5.78 Å². The van der Waals surface area contributed by atoms with Crippen molar-refractivity contribution in [3.05, 3.63) is 5.53 Å². The van der Waals surface area contributed by atoms with E-state index in [9.17, 15) is 14.4 Å². The average Bonchev–Trinajstić information content (AvgIpc) is 2.25. The van der Waals surface area contributed by atoms with Gasteiger partial charge in [0.1, 0.15) is 11.6 Å². The van der Waals surface area contributed by atoms with E-state index in [1.165, 1.54) is 0 Å². The normalized spacial score (nSPS) is 11.8. The van der Waals surface area contributed by atoms with Crippen LogP contribution in [0.2, 0.25) is 0 Å². The second kappa shape index (κ2) is 7.27. The molecule has 0 bridgehead atoms. The molecule has 1 atom stereocenters. The molecule has 8 heteroatoms. The second-order valence-electron chi connectivity index (χ2n) is 4.63. The van der Waals surface area contributed by atoms with Crippen LogP contribution in [-0.4, -0.2) is 47.6 Å². The molecule has 0 heterocycles. The maximum atomic E-state index is 11.5. The predicted octanol–water partition coefficient (Wildman–Crippen LogP) is 0.312. The minimum Gasteiger partial charge on any atom is -0.469 e. The van der Waals surface area contributed by atoms with Crippen LogP contribution in [0, 0.1) is 0 Å². The quantitative estimate of drug-likeness (QED) is 0.334. The van der Waals surface area contributed by atoms with E-state index in [4.69, 9.17) is 10.3 Å². The molecule has 8 nitrogen and oxygen atoms in total. The van der Waals surface area contributed by atoms with Crippen LogP contribution < -0.4 is 5.32 Å². The first-order valence-electron chi connectivity index (χ1n) is 5.47. The molecule has 0 unspecified atom stereocenters. The molecule has 0 radical (unpaired) electrons. The zero-order valence-corrected chi connectivity index (χ0v) is 11.3. The van der Waals surface area contributed by atoms with Crippen molar-refractivity contribution in [2.75, 3.05) is 7.11 Å². The summed E-state index contributed by atoms with van der Waals surface area (Å²) in [6.45, 7) is 4.96. The lowest BCUT2D eigenvalue weighted by atomic mass is 10.1. The molecule has 0 aromatic rings. The number of ketones is 1.